The third kappa shape index (κ3) is 30.6. The summed E-state index contributed by atoms with van der Waals surface area (Å²) in [6, 6.07) is 0. The average Bonchev–Trinajstić information content (AvgIpc) is 2.43. The highest BCUT2D eigenvalue weighted by atomic mass is 16.3. The topological polar surface area (TPSA) is 79.2 Å². The summed E-state index contributed by atoms with van der Waals surface area (Å²) >= 11 is 0. The summed E-state index contributed by atoms with van der Waals surface area (Å²) in [5.74, 6) is 0. The second-order valence-corrected chi connectivity index (χ2v) is 4.35. The third-order valence-electron chi connectivity index (χ3n) is 2.40. The van der Waals surface area contributed by atoms with Crippen LogP contribution in [0, 0.1) is 0 Å². The van der Waals surface area contributed by atoms with E-state index in [1.54, 1.807) is 0 Å². The molecule has 0 unspecified atom stereocenters. The highest BCUT2D eigenvalue weighted by molar-refractivity contribution is 4.47. The van der Waals surface area contributed by atoms with Crippen LogP contribution in [0.2, 0.25) is 0 Å². The fourth-order valence-corrected chi connectivity index (χ4v) is 1.14. The van der Waals surface area contributed by atoms with Gasteiger partial charge in [-0.1, -0.05) is 20.8 Å². The molecule has 0 atom stereocenters. The molecule has 0 aromatic carbocycles. The molecule has 6 nitrogen and oxygen atoms in total. The highest BCUT2D eigenvalue weighted by Gasteiger charge is 1.93. The van der Waals surface area contributed by atoms with E-state index in [0.29, 0.717) is 0 Å². The van der Waals surface area contributed by atoms with Crippen LogP contribution in [-0.4, -0.2) is 98.3 Å². The van der Waals surface area contributed by atoms with Gasteiger partial charge >= 0.3 is 0 Å². The van der Waals surface area contributed by atoms with E-state index in [2.05, 4.69) is 24.1 Å². The van der Waals surface area contributed by atoms with E-state index in [4.69, 9.17) is 15.3 Å². The van der Waals surface area contributed by atoms with Crippen LogP contribution >= 0.6 is 0 Å². The molecule has 0 rings (SSSR count). The van der Waals surface area contributed by atoms with Gasteiger partial charge in [0.25, 0.3) is 0 Å². The van der Waals surface area contributed by atoms with Crippen molar-refractivity contribution >= 4 is 0 Å². The first kappa shape index (κ1) is 24.8. The van der Waals surface area contributed by atoms with Crippen molar-refractivity contribution in [2.24, 2.45) is 0 Å². The Labute approximate surface area is 125 Å². The van der Waals surface area contributed by atoms with Gasteiger partial charge in [-0.25, -0.2) is 0 Å². The number of hydrogen-bond acceptors (Lipinski definition) is 6. The predicted octanol–water partition coefficient (Wildman–Crippen LogP) is -0.551. The number of hydrogen-bond donors (Lipinski definition) is 4. The van der Waals surface area contributed by atoms with Crippen LogP contribution in [0.25, 0.3) is 0 Å². The molecule has 0 fully saturated rings. The largest absolute Gasteiger partial charge is 0.395 e. The fraction of sp³-hybridized carbons (Fsp3) is 1.00. The lowest BCUT2D eigenvalue weighted by molar-refractivity contribution is 0.208. The quantitative estimate of drug-likeness (QED) is 0.428. The molecule has 0 spiro atoms. The van der Waals surface area contributed by atoms with Crippen molar-refractivity contribution in [1.82, 2.24) is 15.1 Å². The van der Waals surface area contributed by atoms with Gasteiger partial charge in [-0.2, -0.15) is 0 Å². The zero-order chi connectivity index (χ0) is 16.2. The summed E-state index contributed by atoms with van der Waals surface area (Å²) in [5.41, 5.74) is 0. The molecule has 0 saturated carbocycles. The molecular weight excluding hydrogens is 258 g/mol. The number of aliphatic hydroxyl groups is 3. The lowest BCUT2D eigenvalue weighted by Gasteiger charge is -2.15. The molecule has 4 N–H and O–H groups in total. The zero-order valence-corrected chi connectivity index (χ0v) is 14.1. The lowest BCUT2D eigenvalue weighted by atomic mass is 10.5. The van der Waals surface area contributed by atoms with E-state index >= 15 is 0 Å². The second-order valence-electron chi connectivity index (χ2n) is 4.35. The van der Waals surface area contributed by atoms with Crippen LogP contribution < -0.4 is 5.32 Å². The minimum atomic E-state index is 0.244. The van der Waals surface area contributed by atoms with E-state index in [0.717, 1.165) is 39.3 Å². The number of aliphatic hydroxyl groups excluding tert-OH is 3. The number of nitrogens with one attached hydrogen (secondary N) is 1. The fourth-order valence-electron chi connectivity index (χ4n) is 1.14. The van der Waals surface area contributed by atoms with E-state index in [9.17, 15) is 0 Å². The van der Waals surface area contributed by atoms with E-state index < -0.39 is 0 Å². The van der Waals surface area contributed by atoms with Crippen LogP contribution in [0.5, 0.6) is 0 Å². The summed E-state index contributed by atoms with van der Waals surface area (Å²) in [6.07, 6.45) is 0. The predicted molar refractivity (Wildman–Crippen MR) is 86.1 cm³/mol. The Kier molecular flexibility index (Phi) is 29.5. The third-order valence-corrected chi connectivity index (χ3v) is 2.40. The molecule has 0 radical (unpaired) electrons. The Bertz CT molecular complexity index is 142. The van der Waals surface area contributed by atoms with E-state index in [1.807, 2.05) is 25.9 Å². The second kappa shape index (κ2) is 23.8. The molecule has 0 bridgehead atoms. The van der Waals surface area contributed by atoms with Gasteiger partial charge in [0.1, 0.15) is 0 Å². The van der Waals surface area contributed by atoms with Gasteiger partial charge < -0.3 is 30.4 Å². The molecule has 0 heterocycles. The van der Waals surface area contributed by atoms with Crippen molar-refractivity contribution in [2.45, 2.75) is 20.8 Å². The minimum Gasteiger partial charge on any atom is -0.395 e. The Morgan fingerprint density at radius 1 is 0.800 bits per heavy atom. The number of rotatable bonds is 9. The van der Waals surface area contributed by atoms with Crippen LogP contribution in [0.3, 0.4) is 0 Å². The maximum Gasteiger partial charge on any atom is 0.0558 e. The normalized spacial score (nSPS) is 9.90. The first-order chi connectivity index (χ1) is 9.53. The first-order valence-electron chi connectivity index (χ1n) is 7.44. The van der Waals surface area contributed by atoms with E-state index in [1.165, 1.54) is 0 Å². The van der Waals surface area contributed by atoms with Gasteiger partial charge in [0.2, 0.25) is 0 Å². The van der Waals surface area contributed by atoms with Gasteiger partial charge in [-0.15, -0.1) is 0 Å². The molecular formula is C14H37N3O3. The molecule has 0 aliphatic carbocycles. The molecule has 0 amide bonds. The average molecular weight is 295 g/mol. The molecule has 0 aromatic rings. The van der Waals surface area contributed by atoms with Crippen LogP contribution in [-0.2, 0) is 0 Å². The summed E-state index contributed by atoms with van der Waals surface area (Å²) in [6.45, 7) is 12.3. The zero-order valence-electron chi connectivity index (χ0n) is 14.1. The Hall–Kier alpha value is -0.240. The summed E-state index contributed by atoms with van der Waals surface area (Å²) in [7, 11) is 3.85. The molecule has 0 saturated heterocycles. The van der Waals surface area contributed by atoms with E-state index in [-0.39, 0.29) is 19.8 Å². The molecule has 6 heteroatoms. The Morgan fingerprint density at radius 3 is 1.40 bits per heavy atom. The van der Waals surface area contributed by atoms with Crippen molar-refractivity contribution < 1.29 is 15.3 Å². The smallest absolute Gasteiger partial charge is 0.0558 e. The van der Waals surface area contributed by atoms with Gasteiger partial charge in [0, 0.05) is 19.6 Å². The minimum absolute atomic E-state index is 0.244. The van der Waals surface area contributed by atoms with Crippen molar-refractivity contribution in [1.29, 1.82) is 0 Å². The van der Waals surface area contributed by atoms with Crippen LogP contribution in [0.4, 0.5) is 0 Å². The summed E-state index contributed by atoms with van der Waals surface area (Å²) < 4.78 is 0. The number of nitrogens with zero attached hydrogens (tertiary/aromatic N) is 2. The Balaban J connectivity index is -0.000000221. The lowest BCUT2D eigenvalue weighted by Crippen LogP contribution is -2.25. The van der Waals surface area contributed by atoms with Crippen molar-refractivity contribution in [3.8, 4) is 0 Å². The molecule has 0 aromatic heterocycles. The van der Waals surface area contributed by atoms with Crippen LogP contribution in [0.15, 0.2) is 0 Å². The molecule has 126 valence electrons. The maximum atomic E-state index is 8.46. The standard InChI is InChI=1S/C6H15NO.2C4H11NO/c1-3-7(4-2)5-6-8;1-5(2)3-4-6;1-2-5-3-4-6/h8H,3-6H2,1-2H3;6H,3-4H2,1-2H3;5-6H,2-4H2,1H3. The Morgan fingerprint density at radius 2 is 1.30 bits per heavy atom. The van der Waals surface area contributed by atoms with Gasteiger partial charge in [0.15, 0.2) is 0 Å². The van der Waals surface area contributed by atoms with Crippen molar-refractivity contribution in [3.63, 3.8) is 0 Å². The van der Waals surface area contributed by atoms with Gasteiger partial charge in [0.05, 0.1) is 19.8 Å². The number of likely N-dealkylation sites (N-methyl/N-ethyl adjacent to an activating group) is 3. The van der Waals surface area contributed by atoms with Crippen LogP contribution in [0.1, 0.15) is 20.8 Å². The monoisotopic (exact) mass is 295 g/mol. The van der Waals surface area contributed by atoms with Gasteiger partial charge in [-0.3, -0.25) is 0 Å². The summed E-state index contributed by atoms with van der Waals surface area (Å²) in [4.78, 5) is 4.11. The van der Waals surface area contributed by atoms with Crippen molar-refractivity contribution in [2.75, 3.05) is 73.2 Å². The molecule has 0 aliphatic heterocycles. The molecule has 0 aliphatic rings. The summed E-state index contributed by atoms with van der Waals surface area (Å²) in [5, 5.41) is 27.7. The highest BCUT2D eigenvalue weighted by Crippen LogP contribution is 1.82. The van der Waals surface area contributed by atoms with Gasteiger partial charge in [-0.05, 0) is 33.7 Å². The van der Waals surface area contributed by atoms with Crippen molar-refractivity contribution in [3.05, 3.63) is 0 Å². The SMILES string of the molecule is CCN(CC)CCO.CCNCCO.CN(C)CCO. The maximum absolute atomic E-state index is 8.46. The molecule has 20 heavy (non-hydrogen) atoms. The first-order valence-corrected chi connectivity index (χ1v) is 7.44.